The van der Waals surface area contributed by atoms with E-state index in [-0.39, 0.29) is 36.2 Å². The maximum Gasteiger partial charge on any atom is 0.309 e. The van der Waals surface area contributed by atoms with Crippen LogP contribution in [0.15, 0.2) is 0 Å². The van der Waals surface area contributed by atoms with Gasteiger partial charge in [0.2, 0.25) is 0 Å². The molecule has 0 N–H and O–H groups in total. The molecule has 1 rings (SSSR count). The monoisotopic (exact) mass is 1310 g/mol. The number of hydrogen-bond acceptors (Lipinski definition) is 9. The first-order valence-corrected chi connectivity index (χ1v) is 42.4. The predicted molar refractivity (Wildman–Crippen MR) is 404 cm³/mol. The van der Waals surface area contributed by atoms with Crippen LogP contribution in [0.5, 0.6) is 0 Å². The van der Waals surface area contributed by atoms with Crippen LogP contribution in [0.3, 0.4) is 0 Å². The third-order valence-electron chi connectivity index (χ3n) is 21.2. The van der Waals surface area contributed by atoms with Crippen LogP contribution in [0.2, 0.25) is 0 Å². The summed E-state index contributed by atoms with van der Waals surface area (Å²) in [5.74, 6) is -2.42. The molecule has 1 aliphatic carbocycles. The molecule has 1 aliphatic rings. The highest BCUT2D eigenvalue weighted by Gasteiger charge is 2.42. The van der Waals surface area contributed by atoms with Crippen molar-refractivity contribution in [2.45, 2.75) is 447 Å². The minimum Gasteiger partial charge on any atom is -0.462 e. The van der Waals surface area contributed by atoms with Crippen molar-refractivity contribution >= 4 is 17.9 Å². The molecule has 0 amide bonds. The molecule has 0 spiro atoms. The molecule has 3 atom stereocenters. The van der Waals surface area contributed by atoms with E-state index in [1.807, 2.05) is 0 Å². The van der Waals surface area contributed by atoms with Gasteiger partial charge in [0.05, 0.1) is 17.8 Å². The number of carbonyl (C=O) groups is 3. The summed E-state index contributed by atoms with van der Waals surface area (Å²) >= 11 is 0. The molecule has 0 bridgehead atoms. The summed E-state index contributed by atoms with van der Waals surface area (Å²) in [4.78, 5) is 52.2. The second kappa shape index (κ2) is 67.5. The topological polar surface area (TPSA) is 88.6 Å². The zero-order chi connectivity index (χ0) is 67.7. The number of esters is 3. The summed E-state index contributed by atoms with van der Waals surface area (Å²) in [5.41, 5.74) is 0. The Morgan fingerprint density at radius 1 is 0.237 bits per heavy atom. The van der Waals surface area contributed by atoms with Gasteiger partial charge in [-0.2, -0.15) is 0 Å². The Bertz CT molecular complexity index is 1350. The van der Waals surface area contributed by atoms with Crippen molar-refractivity contribution in [3.8, 4) is 0 Å². The number of rotatable bonds is 72. The van der Waals surface area contributed by atoms with Crippen LogP contribution in [0.1, 0.15) is 428 Å². The van der Waals surface area contributed by atoms with E-state index in [0.717, 1.165) is 97.4 Å². The molecule has 1 saturated carbocycles. The lowest BCUT2D eigenvalue weighted by Gasteiger charge is -2.34. The Morgan fingerprint density at radius 2 is 0.387 bits per heavy atom. The van der Waals surface area contributed by atoms with E-state index in [9.17, 15) is 14.4 Å². The van der Waals surface area contributed by atoms with Gasteiger partial charge in [-0.15, -0.1) is 0 Å². The Labute approximate surface area is 581 Å². The fourth-order valence-corrected chi connectivity index (χ4v) is 14.5. The predicted octanol–water partition coefficient (Wildman–Crippen LogP) is 24.9. The van der Waals surface area contributed by atoms with Gasteiger partial charge in [-0.05, 0) is 136 Å². The first-order valence-electron chi connectivity index (χ1n) is 42.4. The van der Waals surface area contributed by atoms with Crippen molar-refractivity contribution in [3.63, 3.8) is 0 Å². The summed E-state index contributed by atoms with van der Waals surface area (Å²) < 4.78 is 19.7. The normalized spacial score (nSPS) is 16.2. The molecule has 0 aromatic rings. The Kier molecular flexibility index (Phi) is 64.8. The Hall–Kier alpha value is -1.71. The molecule has 93 heavy (non-hydrogen) atoms. The van der Waals surface area contributed by atoms with Gasteiger partial charge in [0.1, 0.15) is 18.3 Å². The number of ether oxygens (including phenoxy) is 3. The molecule has 0 radical (unpaired) electrons. The van der Waals surface area contributed by atoms with E-state index in [1.54, 1.807) is 0 Å². The van der Waals surface area contributed by atoms with Gasteiger partial charge >= 0.3 is 17.9 Å². The minimum absolute atomic E-state index is 0.206. The standard InChI is InChI=1S/C84H165N3O6/c1-10-19-25-31-37-43-49-55-64-85(65-56-50-44-38-32-26-20-11-2)70-61-79(16-7)91-82(88)76-73-77(83(89)92-80(17-8)62-71-86(66-57-51-45-39-33-27-21-12-3)67-58-52-46-40-34-28-22-13-4)75-78(74-76)84(90)93-81(18-9)63-72-87(68-59-53-47-41-35-29-23-14-5)69-60-54-48-42-36-30-24-15-6/h76-81H,10-75H2,1-9H3/t76-,77+,78-,79?,80?,81?. The van der Waals surface area contributed by atoms with E-state index in [4.69, 9.17) is 14.2 Å². The Balaban J connectivity index is 3.34. The fourth-order valence-electron chi connectivity index (χ4n) is 14.5. The molecule has 0 aromatic heterocycles. The minimum atomic E-state index is -0.559. The number of nitrogens with zero attached hydrogens (tertiary/aromatic N) is 3. The fraction of sp³-hybridized carbons (Fsp3) is 0.964. The van der Waals surface area contributed by atoms with Crippen molar-refractivity contribution in [2.75, 3.05) is 58.9 Å². The quantitative estimate of drug-likeness (QED) is 0.0336. The van der Waals surface area contributed by atoms with Gasteiger partial charge in [0, 0.05) is 19.6 Å². The highest BCUT2D eigenvalue weighted by atomic mass is 16.6. The van der Waals surface area contributed by atoms with Gasteiger partial charge in [-0.25, -0.2) is 0 Å². The van der Waals surface area contributed by atoms with E-state index in [1.165, 1.54) is 308 Å². The molecule has 0 aliphatic heterocycles. The lowest BCUT2D eigenvalue weighted by atomic mass is 9.75. The summed E-state index contributed by atoms with van der Waals surface area (Å²) in [6.45, 7) is 29.6. The van der Waals surface area contributed by atoms with E-state index >= 15 is 0 Å². The Morgan fingerprint density at radius 3 is 0.538 bits per heavy atom. The van der Waals surface area contributed by atoms with Gasteiger partial charge in [-0.3, -0.25) is 14.4 Å². The number of hydrogen-bond donors (Lipinski definition) is 0. The second-order valence-corrected chi connectivity index (χ2v) is 29.9. The van der Waals surface area contributed by atoms with Crippen LogP contribution < -0.4 is 0 Å². The van der Waals surface area contributed by atoms with Crippen LogP contribution in [-0.4, -0.2) is 110 Å². The van der Waals surface area contributed by atoms with Crippen LogP contribution in [0, 0.1) is 17.8 Å². The molecule has 1 fully saturated rings. The highest BCUT2D eigenvalue weighted by Crippen LogP contribution is 2.37. The molecule has 0 heterocycles. The molecule has 9 heteroatoms. The molecule has 3 unspecified atom stereocenters. The van der Waals surface area contributed by atoms with E-state index in [0.29, 0.717) is 19.3 Å². The van der Waals surface area contributed by atoms with Crippen molar-refractivity contribution in [1.29, 1.82) is 0 Å². The van der Waals surface area contributed by atoms with Gasteiger partial charge in [0.25, 0.3) is 0 Å². The smallest absolute Gasteiger partial charge is 0.309 e. The first-order chi connectivity index (χ1) is 45.6. The average Bonchev–Trinajstić information content (AvgIpc) is 1.01. The van der Waals surface area contributed by atoms with Crippen molar-refractivity contribution < 1.29 is 28.6 Å². The lowest BCUT2D eigenvalue weighted by molar-refractivity contribution is -0.167. The molecule has 552 valence electrons. The van der Waals surface area contributed by atoms with Crippen LogP contribution in [0.4, 0.5) is 0 Å². The third-order valence-corrected chi connectivity index (χ3v) is 21.2. The van der Waals surface area contributed by atoms with Crippen molar-refractivity contribution in [2.24, 2.45) is 17.8 Å². The lowest BCUT2D eigenvalue weighted by Crippen LogP contribution is -2.40. The van der Waals surface area contributed by atoms with Gasteiger partial charge in [0.15, 0.2) is 0 Å². The maximum atomic E-state index is 14.7. The molecular formula is C84H165N3O6. The summed E-state index contributed by atoms with van der Waals surface area (Å²) in [6, 6.07) is 0. The molecule has 9 nitrogen and oxygen atoms in total. The van der Waals surface area contributed by atoms with Gasteiger partial charge < -0.3 is 28.9 Å². The number of carbonyl (C=O) groups excluding carboxylic acids is 3. The van der Waals surface area contributed by atoms with Gasteiger partial charge in [-0.1, -0.05) is 332 Å². The van der Waals surface area contributed by atoms with E-state index < -0.39 is 17.8 Å². The SMILES string of the molecule is CCCCCCCCCCN(CCCCCCCCCC)CCC(CC)OC(=O)[C@H]1C[C@@H](C(=O)OC(CC)CCN(CCCCCCCCCC)CCCCCCCCCC)C[C@@H](C(=O)OC(CC)CCN(CCCCCCCCCC)CCCCCCCCCC)C1. The summed E-state index contributed by atoms with van der Waals surface area (Å²) in [7, 11) is 0. The average molecular weight is 1310 g/mol. The summed E-state index contributed by atoms with van der Waals surface area (Å²) in [6.07, 6.45) is 68.4. The highest BCUT2D eigenvalue weighted by molar-refractivity contribution is 5.80. The second-order valence-electron chi connectivity index (χ2n) is 29.9. The summed E-state index contributed by atoms with van der Waals surface area (Å²) in [5, 5.41) is 0. The van der Waals surface area contributed by atoms with E-state index in [2.05, 4.69) is 77.0 Å². The molecule has 0 aromatic carbocycles. The number of unbranched alkanes of at least 4 members (excludes halogenated alkanes) is 42. The largest absolute Gasteiger partial charge is 0.462 e. The molecular weight excluding hydrogens is 1150 g/mol. The maximum absolute atomic E-state index is 14.7. The zero-order valence-corrected chi connectivity index (χ0v) is 64.4. The van der Waals surface area contributed by atoms with Crippen LogP contribution in [0.25, 0.3) is 0 Å². The van der Waals surface area contributed by atoms with Crippen LogP contribution in [-0.2, 0) is 28.6 Å². The first kappa shape index (κ1) is 89.3. The van der Waals surface area contributed by atoms with Crippen molar-refractivity contribution in [1.82, 2.24) is 14.7 Å². The third kappa shape index (κ3) is 53.0. The zero-order valence-electron chi connectivity index (χ0n) is 64.4. The van der Waals surface area contributed by atoms with Crippen molar-refractivity contribution in [3.05, 3.63) is 0 Å². The molecule has 0 saturated heterocycles. The van der Waals surface area contributed by atoms with Crippen LogP contribution >= 0.6 is 0 Å².